The van der Waals surface area contributed by atoms with Crippen molar-refractivity contribution in [2.24, 2.45) is 0 Å². The molecule has 0 aliphatic heterocycles. The maximum Gasteiger partial charge on any atom is 0.319 e. The number of hydrogen-bond acceptors (Lipinski definition) is 3. The van der Waals surface area contributed by atoms with E-state index in [-0.39, 0.29) is 12.1 Å². The Labute approximate surface area is 132 Å². The van der Waals surface area contributed by atoms with Crippen LogP contribution in [-0.2, 0) is 0 Å². The molecule has 1 aromatic carbocycles. The Balaban J connectivity index is 1.79. The maximum atomic E-state index is 11.9. The number of urea groups is 1. The third kappa shape index (κ3) is 5.22. The van der Waals surface area contributed by atoms with Crippen molar-refractivity contribution >= 4 is 11.7 Å². The number of carbonyl (C=O) groups is 1. The standard InChI is InChI=1S/C17H26N2O3/c1-13(2)22-15-8-6-14(7-9-15)19-16(20)18-12-17(21)10-4-3-5-11-17/h6-9,13,21H,3-5,10-12H2,1-2H3,(H2,18,19,20). The number of ether oxygens (including phenoxy) is 1. The second-order valence-electron chi connectivity index (χ2n) is 6.28. The average molecular weight is 306 g/mol. The van der Waals surface area contributed by atoms with E-state index >= 15 is 0 Å². The van der Waals surface area contributed by atoms with Crippen molar-refractivity contribution in [3.05, 3.63) is 24.3 Å². The van der Waals surface area contributed by atoms with Crippen molar-refractivity contribution in [3.63, 3.8) is 0 Å². The van der Waals surface area contributed by atoms with Crippen molar-refractivity contribution < 1.29 is 14.6 Å². The summed E-state index contributed by atoms with van der Waals surface area (Å²) in [5, 5.41) is 15.9. The van der Waals surface area contributed by atoms with E-state index in [1.807, 2.05) is 26.0 Å². The van der Waals surface area contributed by atoms with Gasteiger partial charge in [-0.25, -0.2) is 4.79 Å². The fourth-order valence-corrected chi connectivity index (χ4v) is 2.70. The van der Waals surface area contributed by atoms with E-state index in [1.54, 1.807) is 12.1 Å². The van der Waals surface area contributed by atoms with E-state index in [2.05, 4.69) is 10.6 Å². The summed E-state index contributed by atoms with van der Waals surface area (Å²) in [5.74, 6) is 0.775. The molecule has 122 valence electrons. The van der Waals surface area contributed by atoms with Crippen molar-refractivity contribution in [2.75, 3.05) is 11.9 Å². The van der Waals surface area contributed by atoms with E-state index in [1.165, 1.54) is 6.42 Å². The van der Waals surface area contributed by atoms with Crippen LogP contribution in [0.25, 0.3) is 0 Å². The zero-order chi connectivity index (χ0) is 16.0. The number of benzene rings is 1. The molecule has 0 unspecified atom stereocenters. The summed E-state index contributed by atoms with van der Waals surface area (Å²) >= 11 is 0. The molecule has 2 rings (SSSR count). The van der Waals surface area contributed by atoms with Crippen LogP contribution in [0.5, 0.6) is 5.75 Å². The van der Waals surface area contributed by atoms with Gasteiger partial charge >= 0.3 is 6.03 Å². The predicted octanol–water partition coefficient (Wildman–Crippen LogP) is 3.29. The van der Waals surface area contributed by atoms with Crippen LogP contribution in [0.1, 0.15) is 46.0 Å². The molecule has 0 radical (unpaired) electrons. The van der Waals surface area contributed by atoms with Crippen molar-refractivity contribution in [1.82, 2.24) is 5.32 Å². The molecule has 2 amide bonds. The van der Waals surface area contributed by atoms with Crippen molar-refractivity contribution in [1.29, 1.82) is 0 Å². The lowest BCUT2D eigenvalue weighted by atomic mass is 9.85. The summed E-state index contributed by atoms with van der Waals surface area (Å²) in [6, 6.07) is 6.95. The molecule has 22 heavy (non-hydrogen) atoms. The third-order valence-corrected chi connectivity index (χ3v) is 3.85. The molecule has 5 heteroatoms. The molecule has 0 heterocycles. The van der Waals surface area contributed by atoms with Gasteiger partial charge in [0, 0.05) is 12.2 Å². The number of nitrogens with one attached hydrogen (secondary N) is 2. The van der Waals surface area contributed by atoms with Crippen LogP contribution in [0.15, 0.2) is 24.3 Å². The fraction of sp³-hybridized carbons (Fsp3) is 0.588. The molecular formula is C17H26N2O3. The Kier molecular flexibility index (Phi) is 5.66. The molecule has 0 atom stereocenters. The van der Waals surface area contributed by atoms with Crippen LogP contribution in [0.4, 0.5) is 10.5 Å². The highest BCUT2D eigenvalue weighted by atomic mass is 16.5. The van der Waals surface area contributed by atoms with Gasteiger partial charge in [-0.3, -0.25) is 0 Å². The van der Waals surface area contributed by atoms with Gasteiger partial charge in [-0.05, 0) is 51.0 Å². The molecule has 0 saturated heterocycles. The van der Waals surface area contributed by atoms with E-state index < -0.39 is 5.60 Å². The summed E-state index contributed by atoms with van der Waals surface area (Å²) in [5.41, 5.74) is -0.0471. The van der Waals surface area contributed by atoms with Gasteiger partial charge in [0.1, 0.15) is 5.75 Å². The fourth-order valence-electron chi connectivity index (χ4n) is 2.70. The number of rotatable bonds is 5. The van der Waals surface area contributed by atoms with E-state index in [9.17, 15) is 9.90 Å². The Morgan fingerprint density at radius 3 is 2.45 bits per heavy atom. The van der Waals surface area contributed by atoms with Crippen LogP contribution < -0.4 is 15.4 Å². The summed E-state index contributed by atoms with van der Waals surface area (Å²) in [4.78, 5) is 11.9. The van der Waals surface area contributed by atoms with Gasteiger partial charge in [0.2, 0.25) is 0 Å². The minimum Gasteiger partial charge on any atom is -0.491 e. The summed E-state index contributed by atoms with van der Waals surface area (Å²) in [6.07, 6.45) is 4.86. The zero-order valence-corrected chi connectivity index (χ0v) is 13.4. The number of carbonyl (C=O) groups excluding carboxylic acids is 1. The van der Waals surface area contributed by atoms with E-state index in [0.717, 1.165) is 31.4 Å². The quantitative estimate of drug-likeness (QED) is 0.781. The maximum absolute atomic E-state index is 11.9. The first-order chi connectivity index (χ1) is 10.5. The predicted molar refractivity (Wildman–Crippen MR) is 87.3 cm³/mol. The normalized spacial score (nSPS) is 17.1. The minimum atomic E-state index is -0.745. The Morgan fingerprint density at radius 1 is 1.23 bits per heavy atom. The lowest BCUT2D eigenvalue weighted by Gasteiger charge is -2.32. The average Bonchev–Trinajstić information content (AvgIpc) is 2.48. The SMILES string of the molecule is CC(C)Oc1ccc(NC(=O)NCC2(O)CCCCC2)cc1. The summed E-state index contributed by atoms with van der Waals surface area (Å²) < 4.78 is 5.55. The first-order valence-electron chi connectivity index (χ1n) is 8.01. The highest BCUT2D eigenvalue weighted by Gasteiger charge is 2.29. The Hall–Kier alpha value is -1.75. The van der Waals surface area contributed by atoms with Gasteiger partial charge in [-0.2, -0.15) is 0 Å². The highest BCUT2D eigenvalue weighted by molar-refractivity contribution is 5.89. The number of hydrogen-bond donors (Lipinski definition) is 3. The first-order valence-corrected chi connectivity index (χ1v) is 8.01. The Bertz CT molecular complexity index is 479. The second kappa shape index (κ2) is 7.49. The molecule has 0 bridgehead atoms. The van der Waals surface area contributed by atoms with Crippen LogP contribution in [0.3, 0.4) is 0 Å². The first kappa shape index (κ1) is 16.6. The monoisotopic (exact) mass is 306 g/mol. The van der Waals surface area contributed by atoms with Crippen molar-refractivity contribution in [2.45, 2.75) is 57.7 Å². The van der Waals surface area contributed by atoms with E-state index in [0.29, 0.717) is 12.2 Å². The zero-order valence-electron chi connectivity index (χ0n) is 13.4. The third-order valence-electron chi connectivity index (χ3n) is 3.85. The van der Waals surface area contributed by atoms with Gasteiger partial charge in [0.05, 0.1) is 11.7 Å². The van der Waals surface area contributed by atoms with Gasteiger partial charge < -0.3 is 20.5 Å². The summed E-state index contributed by atoms with van der Waals surface area (Å²) in [6.45, 7) is 4.23. The lowest BCUT2D eigenvalue weighted by Crippen LogP contribution is -2.45. The molecule has 0 aromatic heterocycles. The molecule has 5 nitrogen and oxygen atoms in total. The van der Waals surface area contributed by atoms with Gasteiger partial charge in [-0.1, -0.05) is 19.3 Å². The van der Waals surface area contributed by atoms with Gasteiger partial charge in [0.15, 0.2) is 0 Å². The summed E-state index contributed by atoms with van der Waals surface area (Å²) in [7, 11) is 0. The van der Waals surface area contributed by atoms with Crippen LogP contribution in [0.2, 0.25) is 0 Å². The van der Waals surface area contributed by atoms with E-state index in [4.69, 9.17) is 4.74 Å². The molecule has 1 aliphatic carbocycles. The largest absolute Gasteiger partial charge is 0.491 e. The molecule has 3 N–H and O–H groups in total. The smallest absolute Gasteiger partial charge is 0.319 e. The van der Waals surface area contributed by atoms with Crippen molar-refractivity contribution in [3.8, 4) is 5.75 Å². The number of amides is 2. The molecule has 1 saturated carbocycles. The molecular weight excluding hydrogens is 280 g/mol. The lowest BCUT2D eigenvalue weighted by molar-refractivity contribution is 0.00755. The number of anilines is 1. The molecule has 1 aromatic rings. The van der Waals surface area contributed by atoms with Crippen LogP contribution >= 0.6 is 0 Å². The molecule has 1 fully saturated rings. The molecule has 1 aliphatic rings. The van der Waals surface area contributed by atoms with Gasteiger partial charge in [-0.15, -0.1) is 0 Å². The number of aliphatic hydroxyl groups is 1. The molecule has 0 spiro atoms. The second-order valence-corrected chi connectivity index (χ2v) is 6.28. The Morgan fingerprint density at radius 2 is 1.86 bits per heavy atom. The topological polar surface area (TPSA) is 70.6 Å². The van der Waals surface area contributed by atoms with Gasteiger partial charge in [0.25, 0.3) is 0 Å². The minimum absolute atomic E-state index is 0.123. The van der Waals surface area contributed by atoms with Crippen LogP contribution in [-0.4, -0.2) is 29.4 Å². The highest BCUT2D eigenvalue weighted by Crippen LogP contribution is 2.27. The van der Waals surface area contributed by atoms with Crippen LogP contribution in [0, 0.1) is 0 Å².